The van der Waals surface area contributed by atoms with Gasteiger partial charge in [-0.1, -0.05) is 30.3 Å². The van der Waals surface area contributed by atoms with Gasteiger partial charge in [0.25, 0.3) is 0 Å². The Kier molecular flexibility index (Phi) is 14.2. The van der Waals surface area contributed by atoms with E-state index in [-0.39, 0.29) is 12.8 Å². The summed E-state index contributed by atoms with van der Waals surface area (Å²) >= 11 is 0. The number of carbonyl (C=O) groups excluding carboxylic acids is 3. The standard InChI is InChI=1S/C26H43N5O6/c1-26(2,3)37-25(36)31-19(13-7-9-15-27)22(32)30-21(17-18-11-5-4-6-12-18)23(33)29-20(24(34)35)14-8-10-16-28/h4-6,11-12,19-21H,7-10,13-17,27-28H2,1-3H3,(H,29,33)(H,30,32)(H,31,36)(H,34,35)/t19-,20-,21-/m0/s1. The van der Waals surface area contributed by atoms with Crippen LogP contribution in [0.3, 0.4) is 0 Å². The molecule has 0 fully saturated rings. The lowest BCUT2D eigenvalue weighted by molar-refractivity contribution is -0.142. The van der Waals surface area contributed by atoms with Crippen LogP contribution in [0.2, 0.25) is 0 Å². The van der Waals surface area contributed by atoms with Gasteiger partial charge in [0.2, 0.25) is 11.8 Å². The smallest absolute Gasteiger partial charge is 0.408 e. The van der Waals surface area contributed by atoms with Crippen molar-refractivity contribution in [3.63, 3.8) is 0 Å². The quantitative estimate of drug-likeness (QED) is 0.176. The molecule has 0 saturated carbocycles. The van der Waals surface area contributed by atoms with E-state index in [1.807, 2.05) is 6.07 Å². The molecule has 0 unspecified atom stereocenters. The normalized spacial score (nSPS) is 13.6. The van der Waals surface area contributed by atoms with E-state index in [2.05, 4.69) is 16.0 Å². The van der Waals surface area contributed by atoms with E-state index in [9.17, 15) is 24.3 Å². The highest BCUT2D eigenvalue weighted by atomic mass is 16.6. The zero-order chi connectivity index (χ0) is 27.8. The molecule has 3 amide bonds. The van der Waals surface area contributed by atoms with E-state index in [4.69, 9.17) is 16.2 Å². The Bertz CT molecular complexity index is 859. The number of ether oxygens (including phenoxy) is 1. The van der Waals surface area contributed by atoms with Crippen LogP contribution in [0.15, 0.2) is 30.3 Å². The van der Waals surface area contributed by atoms with Gasteiger partial charge >= 0.3 is 12.1 Å². The van der Waals surface area contributed by atoms with Crippen molar-refractivity contribution in [3.8, 4) is 0 Å². The maximum Gasteiger partial charge on any atom is 0.408 e. The zero-order valence-corrected chi connectivity index (χ0v) is 22.1. The highest BCUT2D eigenvalue weighted by Crippen LogP contribution is 2.10. The summed E-state index contributed by atoms with van der Waals surface area (Å²) in [5, 5.41) is 17.4. The lowest BCUT2D eigenvalue weighted by atomic mass is 10.0. The van der Waals surface area contributed by atoms with Crippen LogP contribution in [0.4, 0.5) is 4.79 Å². The second-order valence-corrected chi connectivity index (χ2v) is 9.92. The van der Waals surface area contributed by atoms with Gasteiger partial charge in [0.05, 0.1) is 0 Å². The van der Waals surface area contributed by atoms with Crippen LogP contribution in [0.1, 0.15) is 64.9 Å². The molecule has 11 nitrogen and oxygen atoms in total. The third-order valence-corrected chi connectivity index (χ3v) is 5.43. The van der Waals surface area contributed by atoms with Gasteiger partial charge in [-0.15, -0.1) is 0 Å². The van der Waals surface area contributed by atoms with Gasteiger partial charge in [-0.05, 0) is 77.9 Å². The molecule has 208 valence electrons. The average molecular weight is 522 g/mol. The molecular formula is C26H43N5O6. The summed E-state index contributed by atoms with van der Waals surface area (Å²) in [6.07, 6.45) is 2.27. The van der Waals surface area contributed by atoms with Crippen LogP contribution < -0.4 is 27.4 Å². The molecule has 1 aromatic rings. The molecule has 1 aromatic carbocycles. The Morgan fingerprint density at radius 1 is 0.811 bits per heavy atom. The predicted octanol–water partition coefficient (Wildman–Crippen LogP) is 1.43. The van der Waals surface area contributed by atoms with Crippen molar-refractivity contribution in [1.29, 1.82) is 0 Å². The Morgan fingerprint density at radius 2 is 1.32 bits per heavy atom. The first-order valence-electron chi connectivity index (χ1n) is 12.7. The Balaban J connectivity index is 3.07. The van der Waals surface area contributed by atoms with E-state index in [0.29, 0.717) is 45.2 Å². The van der Waals surface area contributed by atoms with E-state index in [0.717, 1.165) is 5.56 Å². The van der Waals surface area contributed by atoms with Gasteiger partial charge in [-0.3, -0.25) is 9.59 Å². The minimum absolute atomic E-state index is 0.134. The van der Waals surface area contributed by atoms with Crippen LogP contribution in [0.25, 0.3) is 0 Å². The van der Waals surface area contributed by atoms with Gasteiger partial charge in [-0.2, -0.15) is 0 Å². The van der Waals surface area contributed by atoms with Crippen LogP contribution in [0, 0.1) is 0 Å². The minimum atomic E-state index is -1.17. The molecule has 3 atom stereocenters. The van der Waals surface area contributed by atoms with Crippen LogP contribution in [0.5, 0.6) is 0 Å². The summed E-state index contributed by atoms with van der Waals surface area (Å²) in [7, 11) is 0. The number of hydrogen-bond donors (Lipinski definition) is 6. The number of hydrogen-bond acceptors (Lipinski definition) is 7. The van der Waals surface area contributed by atoms with E-state index < -0.39 is 47.6 Å². The first-order chi connectivity index (χ1) is 17.5. The third kappa shape index (κ3) is 13.6. The number of rotatable bonds is 16. The van der Waals surface area contributed by atoms with Gasteiger partial charge in [-0.25, -0.2) is 9.59 Å². The Morgan fingerprint density at radius 3 is 1.84 bits per heavy atom. The third-order valence-electron chi connectivity index (χ3n) is 5.43. The summed E-state index contributed by atoms with van der Waals surface area (Å²) in [4.78, 5) is 50.5. The SMILES string of the molecule is CC(C)(C)OC(=O)N[C@@H](CCCCN)C(=O)N[C@@H](Cc1ccccc1)C(=O)N[C@@H](CCCCN)C(=O)O. The molecule has 0 aromatic heterocycles. The largest absolute Gasteiger partial charge is 0.480 e. The van der Waals surface area contributed by atoms with Crippen molar-refractivity contribution in [2.75, 3.05) is 13.1 Å². The minimum Gasteiger partial charge on any atom is -0.480 e. The van der Waals surface area contributed by atoms with Crippen LogP contribution >= 0.6 is 0 Å². The van der Waals surface area contributed by atoms with Crippen molar-refractivity contribution < 1.29 is 29.0 Å². The molecule has 0 aliphatic carbocycles. The number of amides is 3. The summed E-state index contributed by atoms with van der Waals surface area (Å²) < 4.78 is 5.29. The fourth-order valence-electron chi connectivity index (χ4n) is 3.57. The van der Waals surface area contributed by atoms with Gasteiger partial charge in [0.15, 0.2) is 0 Å². The van der Waals surface area contributed by atoms with E-state index in [1.165, 1.54) is 0 Å². The highest BCUT2D eigenvalue weighted by Gasteiger charge is 2.30. The summed E-state index contributed by atoms with van der Waals surface area (Å²) in [5.41, 5.74) is 11.1. The number of nitrogens with one attached hydrogen (secondary N) is 3. The first kappa shape index (κ1) is 31.8. The lowest BCUT2D eigenvalue weighted by Gasteiger charge is -2.26. The topological polar surface area (TPSA) is 186 Å². The number of unbranched alkanes of at least 4 members (excludes halogenated alkanes) is 2. The molecule has 1 rings (SSSR count). The summed E-state index contributed by atoms with van der Waals surface area (Å²) in [6, 6.07) is 5.90. The van der Waals surface area contributed by atoms with Gasteiger partial charge < -0.3 is 37.3 Å². The summed E-state index contributed by atoms with van der Waals surface area (Å²) in [6.45, 7) is 5.98. The lowest BCUT2D eigenvalue weighted by Crippen LogP contribution is -2.56. The molecule has 0 saturated heterocycles. The molecule has 8 N–H and O–H groups in total. The number of carbonyl (C=O) groups is 4. The van der Waals surface area contributed by atoms with Crippen molar-refractivity contribution >= 4 is 23.9 Å². The molecule has 37 heavy (non-hydrogen) atoms. The van der Waals surface area contributed by atoms with Crippen molar-refractivity contribution in [2.45, 2.75) is 89.4 Å². The summed E-state index contributed by atoms with van der Waals surface area (Å²) in [5.74, 6) is -2.37. The average Bonchev–Trinajstić information content (AvgIpc) is 2.81. The monoisotopic (exact) mass is 521 g/mol. The Labute approximate surface area is 219 Å². The van der Waals surface area contributed by atoms with Crippen molar-refractivity contribution in [1.82, 2.24) is 16.0 Å². The number of carboxylic acids is 1. The molecular weight excluding hydrogens is 478 g/mol. The molecule has 0 heterocycles. The molecule has 0 aliphatic rings. The van der Waals surface area contributed by atoms with E-state index >= 15 is 0 Å². The fourth-order valence-corrected chi connectivity index (χ4v) is 3.57. The number of carboxylic acid groups (broad SMARTS) is 1. The number of alkyl carbamates (subject to hydrolysis) is 1. The zero-order valence-electron chi connectivity index (χ0n) is 22.1. The maximum atomic E-state index is 13.3. The van der Waals surface area contributed by atoms with Crippen molar-refractivity contribution in [3.05, 3.63) is 35.9 Å². The number of aliphatic carboxylic acids is 1. The first-order valence-corrected chi connectivity index (χ1v) is 12.7. The number of nitrogens with two attached hydrogens (primary N) is 2. The molecule has 0 radical (unpaired) electrons. The Hall–Kier alpha value is -3.18. The van der Waals surface area contributed by atoms with E-state index in [1.54, 1.807) is 45.0 Å². The molecule has 0 bridgehead atoms. The van der Waals surface area contributed by atoms with Crippen molar-refractivity contribution in [2.24, 2.45) is 11.5 Å². The fraction of sp³-hybridized carbons (Fsp3) is 0.615. The second kappa shape index (κ2) is 16.5. The highest BCUT2D eigenvalue weighted by molar-refractivity contribution is 5.93. The second-order valence-electron chi connectivity index (χ2n) is 9.92. The van der Waals surface area contributed by atoms with Crippen LogP contribution in [-0.2, 0) is 25.5 Å². The van der Waals surface area contributed by atoms with Gasteiger partial charge in [0.1, 0.15) is 23.7 Å². The predicted molar refractivity (Wildman–Crippen MR) is 141 cm³/mol. The maximum absolute atomic E-state index is 13.3. The molecule has 11 heteroatoms. The van der Waals surface area contributed by atoms with Gasteiger partial charge in [0, 0.05) is 6.42 Å². The molecule has 0 spiro atoms. The van der Waals surface area contributed by atoms with Crippen LogP contribution in [-0.4, -0.2) is 65.8 Å². The molecule has 0 aliphatic heterocycles. The number of benzene rings is 1.